The zero-order chi connectivity index (χ0) is 25.1. The number of benzene rings is 3. The minimum absolute atomic E-state index is 0.0178. The molecular formula is C29H23Cl2NO3S. The average molecular weight is 536 g/mol. The van der Waals surface area contributed by atoms with E-state index in [1.807, 2.05) is 36.4 Å². The first kappa shape index (κ1) is 24.7. The lowest BCUT2D eigenvalue weighted by atomic mass is 9.98. The largest absolute Gasteiger partial charge is 0.449 e. The number of aldehydes is 1. The van der Waals surface area contributed by atoms with Gasteiger partial charge in [0.25, 0.3) is 0 Å². The van der Waals surface area contributed by atoms with Crippen molar-refractivity contribution < 1.29 is 14.3 Å². The molecular weight excluding hydrogens is 513 g/mol. The van der Waals surface area contributed by atoms with Gasteiger partial charge in [0.05, 0.1) is 5.02 Å². The van der Waals surface area contributed by atoms with Crippen molar-refractivity contribution in [2.24, 2.45) is 0 Å². The molecule has 0 aliphatic heterocycles. The van der Waals surface area contributed by atoms with Crippen LogP contribution >= 0.6 is 35.0 Å². The molecule has 1 N–H and O–H groups in total. The molecule has 0 saturated heterocycles. The van der Waals surface area contributed by atoms with Gasteiger partial charge < -0.3 is 10.1 Å². The molecule has 36 heavy (non-hydrogen) atoms. The highest BCUT2D eigenvalue weighted by molar-refractivity contribution is 8.03. The number of carbonyl (C=O) groups excluding carboxylic acids is 2. The first-order valence-electron chi connectivity index (χ1n) is 11.7. The first-order chi connectivity index (χ1) is 17.6. The smallest absolute Gasteiger partial charge is 0.407 e. The molecule has 4 nitrogen and oxygen atoms in total. The van der Waals surface area contributed by atoms with Gasteiger partial charge >= 0.3 is 6.09 Å². The standard InChI is InChI=1S/C29H23Cl2NO3S/c30-25-13-14-26(31)28(36-27-12-6-1-7-18(27)16-33)23(25)15-32-29(34)35-17-24-21-10-4-2-8-19(21)20-9-3-5-11-22(20)24/h2-5,7-14,16,24H,1,6,15,17H2,(H,32,34). The number of fused-ring (bicyclic) bond motifs is 3. The summed E-state index contributed by atoms with van der Waals surface area (Å²) in [5.41, 5.74) is 5.98. The molecule has 7 heteroatoms. The van der Waals surface area contributed by atoms with Gasteiger partial charge in [-0.05, 0) is 47.2 Å². The summed E-state index contributed by atoms with van der Waals surface area (Å²) in [4.78, 5) is 25.8. The fourth-order valence-corrected chi connectivity index (χ4v) is 6.36. The van der Waals surface area contributed by atoms with Crippen LogP contribution in [0.2, 0.25) is 10.0 Å². The number of carbonyl (C=O) groups is 2. The van der Waals surface area contributed by atoms with Crippen LogP contribution in [-0.4, -0.2) is 19.0 Å². The van der Waals surface area contributed by atoms with Gasteiger partial charge in [0.1, 0.15) is 6.61 Å². The van der Waals surface area contributed by atoms with Crippen molar-refractivity contribution in [1.82, 2.24) is 5.32 Å². The average Bonchev–Trinajstić information content (AvgIpc) is 3.23. The summed E-state index contributed by atoms with van der Waals surface area (Å²) in [6.45, 7) is 0.372. The van der Waals surface area contributed by atoms with E-state index in [9.17, 15) is 9.59 Å². The van der Waals surface area contributed by atoms with Crippen LogP contribution in [0.15, 0.2) is 88.2 Å². The maximum Gasteiger partial charge on any atom is 0.407 e. The minimum Gasteiger partial charge on any atom is -0.449 e. The molecule has 3 aromatic carbocycles. The molecule has 0 spiro atoms. The molecule has 0 unspecified atom stereocenters. The van der Waals surface area contributed by atoms with Gasteiger partial charge in [-0.15, -0.1) is 0 Å². The Morgan fingerprint density at radius 2 is 1.58 bits per heavy atom. The third-order valence-corrected chi connectivity index (χ3v) is 8.47. The van der Waals surface area contributed by atoms with E-state index in [0.717, 1.165) is 35.2 Å². The Kier molecular flexibility index (Phi) is 7.51. The lowest BCUT2D eigenvalue weighted by Crippen LogP contribution is -2.26. The van der Waals surface area contributed by atoms with Gasteiger partial charge in [-0.3, -0.25) is 4.79 Å². The van der Waals surface area contributed by atoms with Crippen molar-refractivity contribution in [3.63, 3.8) is 0 Å². The molecule has 2 aliphatic rings. The van der Waals surface area contributed by atoms with Gasteiger partial charge in [0.15, 0.2) is 6.29 Å². The van der Waals surface area contributed by atoms with Crippen LogP contribution in [0.1, 0.15) is 35.4 Å². The fraction of sp³-hybridized carbons (Fsp3) is 0.172. The van der Waals surface area contributed by atoms with Crippen molar-refractivity contribution in [2.75, 3.05) is 6.61 Å². The van der Waals surface area contributed by atoms with E-state index in [1.165, 1.54) is 22.9 Å². The van der Waals surface area contributed by atoms with Crippen molar-refractivity contribution >= 4 is 47.3 Å². The Bertz CT molecular complexity index is 1350. The number of nitrogens with one attached hydrogen (secondary N) is 1. The van der Waals surface area contributed by atoms with Crippen molar-refractivity contribution in [3.8, 4) is 11.1 Å². The molecule has 2 aliphatic carbocycles. The molecule has 0 bridgehead atoms. The van der Waals surface area contributed by atoms with Gasteiger partial charge in [-0.2, -0.15) is 0 Å². The number of rotatable bonds is 7. The summed E-state index contributed by atoms with van der Waals surface area (Å²) >= 11 is 14.4. The van der Waals surface area contributed by atoms with Crippen LogP contribution in [0.4, 0.5) is 4.79 Å². The Labute approximate surface area is 224 Å². The molecule has 0 saturated carbocycles. The van der Waals surface area contributed by atoms with E-state index < -0.39 is 6.09 Å². The summed E-state index contributed by atoms with van der Waals surface area (Å²) in [7, 11) is 0. The molecule has 0 radical (unpaired) electrons. The van der Waals surface area contributed by atoms with Crippen LogP contribution in [-0.2, 0) is 16.1 Å². The molecule has 3 aromatic rings. The quantitative estimate of drug-likeness (QED) is 0.312. The summed E-state index contributed by atoms with van der Waals surface area (Å²) in [6.07, 6.45) is 5.94. The maximum absolute atomic E-state index is 12.7. The van der Waals surface area contributed by atoms with E-state index in [1.54, 1.807) is 12.1 Å². The highest BCUT2D eigenvalue weighted by Gasteiger charge is 2.29. The zero-order valence-corrected chi connectivity index (χ0v) is 21.6. The Balaban J connectivity index is 1.28. The van der Waals surface area contributed by atoms with Crippen LogP contribution in [0, 0.1) is 0 Å². The number of halogens is 2. The Hall–Kier alpha value is -2.99. The molecule has 1 amide bonds. The zero-order valence-electron chi connectivity index (χ0n) is 19.3. The summed E-state index contributed by atoms with van der Waals surface area (Å²) in [6, 6.07) is 19.8. The molecule has 5 rings (SSSR count). The second kappa shape index (κ2) is 11.0. The minimum atomic E-state index is -0.533. The van der Waals surface area contributed by atoms with Gasteiger partial charge in [-0.1, -0.05) is 95.6 Å². The van der Waals surface area contributed by atoms with Crippen LogP contribution in [0.3, 0.4) is 0 Å². The number of allylic oxidation sites excluding steroid dienone is 3. The first-order valence-corrected chi connectivity index (χ1v) is 13.2. The van der Waals surface area contributed by atoms with E-state index in [0.29, 0.717) is 26.1 Å². The number of alkyl carbamates (subject to hydrolysis) is 1. The normalized spacial score (nSPS) is 14.4. The van der Waals surface area contributed by atoms with Crippen molar-refractivity contribution in [3.05, 3.63) is 110 Å². The molecule has 0 fully saturated rings. The van der Waals surface area contributed by atoms with Crippen molar-refractivity contribution in [2.45, 2.75) is 30.2 Å². The number of thioether (sulfide) groups is 1. The summed E-state index contributed by atoms with van der Waals surface area (Å²) in [5, 5.41) is 3.81. The van der Waals surface area contributed by atoms with Gasteiger partial charge in [-0.25, -0.2) is 4.79 Å². The monoisotopic (exact) mass is 535 g/mol. The lowest BCUT2D eigenvalue weighted by Gasteiger charge is -2.18. The summed E-state index contributed by atoms with van der Waals surface area (Å²) in [5.74, 6) is -0.0178. The number of ether oxygens (including phenoxy) is 1. The maximum atomic E-state index is 12.7. The summed E-state index contributed by atoms with van der Waals surface area (Å²) < 4.78 is 5.66. The predicted octanol–water partition coefficient (Wildman–Crippen LogP) is 7.93. The molecule has 0 aromatic heterocycles. The van der Waals surface area contributed by atoms with Crippen LogP contribution in [0.25, 0.3) is 11.1 Å². The molecule has 0 atom stereocenters. The van der Waals surface area contributed by atoms with E-state index in [4.69, 9.17) is 27.9 Å². The highest BCUT2D eigenvalue weighted by Crippen LogP contribution is 2.45. The lowest BCUT2D eigenvalue weighted by molar-refractivity contribution is -0.104. The van der Waals surface area contributed by atoms with Gasteiger partial charge in [0, 0.05) is 38.4 Å². The predicted molar refractivity (Wildman–Crippen MR) is 146 cm³/mol. The van der Waals surface area contributed by atoms with E-state index in [2.05, 4.69) is 29.6 Å². The fourth-order valence-electron chi connectivity index (χ4n) is 4.65. The van der Waals surface area contributed by atoms with Gasteiger partial charge in [0.2, 0.25) is 0 Å². The van der Waals surface area contributed by atoms with E-state index >= 15 is 0 Å². The third-order valence-electron chi connectivity index (χ3n) is 6.39. The molecule has 0 heterocycles. The molecule has 182 valence electrons. The highest BCUT2D eigenvalue weighted by atomic mass is 35.5. The number of amides is 1. The number of hydrogen-bond donors (Lipinski definition) is 1. The second-order valence-electron chi connectivity index (χ2n) is 8.54. The third kappa shape index (κ3) is 4.96. The SMILES string of the molecule is O=CC1=CCCC=C1Sc1c(Cl)ccc(Cl)c1CNC(=O)OCC1c2ccccc2-c2ccccc21. The topological polar surface area (TPSA) is 55.4 Å². The van der Waals surface area contributed by atoms with Crippen molar-refractivity contribution in [1.29, 1.82) is 0 Å². The van der Waals surface area contributed by atoms with Crippen LogP contribution in [0.5, 0.6) is 0 Å². The second-order valence-corrected chi connectivity index (χ2v) is 10.4. The number of hydrogen-bond acceptors (Lipinski definition) is 4. The Morgan fingerprint density at radius 3 is 2.28 bits per heavy atom. The Morgan fingerprint density at radius 1 is 0.944 bits per heavy atom. The van der Waals surface area contributed by atoms with Crippen LogP contribution < -0.4 is 5.32 Å². The van der Waals surface area contributed by atoms with E-state index in [-0.39, 0.29) is 19.1 Å².